The van der Waals surface area contributed by atoms with E-state index in [-0.39, 0.29) is 18.0 Å². The number of hydrogen-bond acceptors (Lipinski definition) is 5. The molecular formula is C9H17N5O3S. The molecule has 9 heteroatoms. The number of carbonyl (C=O) groups is 1. The van der Waals surface area contributed by atoms with Crippen LogP contribution in [0.1, 0.15) is 23.1 Å². The van der Waals surface area contributed by atoms with Crippen LogP contribution in [0.25, 0.3) is 0 Å². The standard InChI is InChI=1S/C9H17N5O3S/c1-3-14-8(7(10)6(2)13-14)9(15)12-4-5-18(11,16)17/h3-5,10H2,1-2H3,(H,12,15)(H2,11,16,17). The number of rotatable bonds is 5. The molecule has 0 atom stereocenters. The maximum atomic E-state index is 11.9. The van der Waals surface area contributed by atoms with E-state index in [0.29, 0.717) is 17.9 Å². The molecule has 0 unspecified atom stereocenters. The number of nitrogens with zero attached hydrogens (tertiary/aromatic N) is 2. The van der Waals surface area contributed by atoms with Gasteiger partial charge in [0, 0.05) is 13.1 Å². The molecule has 0 aliphatic carbocycles. The smallest absolute Gasteiger partial charge is 0.271 e. The van der Waals surface area contributed by atoms with Gasteiger partial charge >= 0.3 is 0 Å². The normalized spacial score (nSPS) is 11.5. The highest BCUT2D eigenvalue weighted by atomic mass is 32.2. The third-order valence-electron chi connectivity index (χ3n) is 2.36. The molecule has 1 rings (SSSR count). The van der Waals surface area contributed by atoms with Crippen LogP contribution >= 0.6 is 0 Å². The fourth-order valence-corrected chi connectivity index (χ4v) is 1.84. The SMILES string of the molecule is CCn1nc(C)c(N)c1C(=O)NCCS(N)(=O)=O. The van der Waals surface area contributed by atoms with Gasteiger partial charge in [0.15, 0.2) is 0 Å². The van der Waals surface area contributed by atoms with Crippen LogP contribution in [0, 0.1) is 6.92 Å². The number of amides is 1. The van der Waals surface area contributed by atoms with Gasteiger partial charge in [-0.1, -0.05) is 0 Å². The molecule has 0 radical (unpaired) electrons. The number of aryl methyl sites for hydroxylation is 2. The second kappa shape index (κ2) is 5.36. The number of nitrogens with two attached hydrogens (primary N) is 2. The van der Waals surface area contributed by atoms with E-state index in [4.69, 9.17) is 10.9 Å². The summed E-state index contributed by atoms with van der Waals surface area (Å²) in [5, 5.41) is 11.4. The minimum atomic E-state index is -3.59. The predicted octanol–water partition coefficient (Wildman–Crippen LogP) is -1.19. The molecule has 102 valence electrons. The van der Waals surface area contributed by atoms with Crippen LogP contribution in [-0.4, -0.2) is 36.4 Å². The van der Waals surface area contributed by atoms with E-state index in [1.807, 2.05) is 6.92 Å². The number of nitrogen functional groups attached to an aromatic ring is 1. The second-order valence-corrected chi connectivity index (χ2v) is 5.52. The summed E-state index contributed by atoms with van der Waals surface area (Å²) in [7, 11) is -3.59. The van der Waals surface area contributed by atoms with E-state index < -0.39 is 15.9 Å². The Kier molecular flexibility index (Phi) is 4.30. The topological polar surface area (TPSA) is 133 Å². The number of nitrogens with one attached hydrogen (secondary N) is 1. The molecule has 0 saturated carbocycles. The molecule has 0 aliphatic rings. The van der Waals surface area contributed by atoms with Crippen LogP contribution in [-0.2, 0) is 16.6 Å². The monoisotopic (exact) mass is 275 g/mol. The molecule has 0 saturated heterocycles. The average Bonchev–Trinajstić information content (AvgIpc) is 2.53. The summed E-state index contributed by atoms with van der Waals surface area (Å²) in [5.41, 5.74) is 6.85. The first kappa shape index (κ1) is 14.5. The zero-order valence-corrected chi connectivity index (χ0v) is 11.1. The molecule has 1 aromatic heterocycles. The number of carbonyl (C=O) groups excluding carboxylic acids is 1. The summed E-state index contributed by atoms with van der Waals surface area (Å²) in [4.78, 5) is 11.9. The molecular weight excluding hydrogens is 258 g/mol. The van der Waals surface area contributed by atoms with Gasteiger partial charge in [-0.15, -0.1) is 0 Å². The van der Waals surface area contributed by atoms with Crippen molar-refractivity contribution in [3.63, 3.8) is 0 Å². The number of primary sulfonamides is 1. The zero-order chi connectivity index (χ0) is 13.9. The maximum Gasteiger partial charge on any atom is 0.271 e. The van der Waals surface area contributed by atoms with Gasteiger partial charge in [0.2, 0.25) is 10.0 Å². The van der Waals surface area contributed by atoms with E-state index in [2.05, 4.69) is 10.4 Å². The summed E-state index contributed by atoms with van der Waals surface area (Å²) < 4.78 is 22.9. The van der Waals surface area contributed by atoms with Crippen molar-refractivity contribution >= 4 is 21.6 Å². The second-order valence-electron chi connectivity index (χ2n) is 3.79. The number of anilines is 1. The first-order valence-electron chi connectivity index (χ1n) is 5.37. The molecule has 5 N–H and O–H groups in total. The summed E-state index contributed by atoms with van der Waals surface area (Å²) in [6, 6.07) is 0. The highest BCUT2D eigenvalue weighted by Gasteiger charge is 2.18. The molecule has 1 amide bonds. The fraction of sp³-hybridized carbons (Fsp3) is 0.556. The van der Waals surface area contributed by atoms with E-state index >= 15 is 0 Å². The van der Waals surface area contributed by atoms with Gasteiger partial charge in [-0.05, 0) is 13.8 Å². The van der Waals surface area contributed by atoms with Crippen LogP contribution in [0.15, 0.2) is 0 Å². The Morgan fingerprint density at radius 1 is 1.50 bits per heavy atom. The molecule has 0 aliphatic heterocycles. The van der Waals surface area contributed by atoms with Crippen molar-refractivity contribution in [2.45, 2.75) is 20.4 Å². The van der Waals surface area contributed by atoms with Crippen molar-refractivity contribution in [1.29, 1.82) is 0 Å². The van der Waals surface area contributed by atoms with Crippen LogP contribution < -0.4 is 16.2 Å². The van der Waals surface area contributed by atoms with Gasteiger partial charge in [0.1, 0.15) is 5.69 Å². The van der Waals surface area contributed by atoms with E-state index in [0.717, 1.165) is 0 Å². The Labute approximate surface area is 105 Å². The molecule has 0 fully saturated rings. The lowest BCUT2D eigenvalue weighted by molar-refractivity contribution is 0.0946. The van der Waals surface area contributed by atoms with Crippen LogP contribution in [0.3, 0.4) is 0 Å². The van der Waals surface area contributed by atoms with Crippen molar-refractivity contribution in [3.8, 4) is 0 Å². The highest BCUT2D eigenvalue weighted by Crippen LogP contribution is 2.15. The van der Waals surface area contributed by atoms with E-state index in [1.54, 1.807) is 6.92 Å². The third-order valence-corrected chi connectivity index (χ3v) is 3.13. The predicted molar refractivity (Wildman–Crippen MR) is 67.4 cm³/mol. The molecule has 0 bridgehead atoms. The van der Waals surface area contributed by atoms with E-state index in [1.165, 1.54) is 4.68 Å². The minimum absolute atomic E-state index is 0.0644. The van der Waals surface area contributed by atoms with Crippen LogP contribution in [0.5, 0.6) is 0 Å². The molecule has 1 heterocycles. The lowest BCUT2D eigenvalue weighted by atomic mass is 10.3. The van der Waals surface area contributed by atoms with Crippen molar-refractivity contribution in [2.75, 3.05) is 18.0 Å². The Bertz CT molecular complexity index is 549. The number of aromatic nitrogens is 2. The molecule has 0 spiro atoms. The summed E-state index contributed by atoms with van der Waals surface area (Å²) in [6.07, 6.45) is 0. The lowest BCUT2D eigenvalue weighted by Crippen LogP contribution is -2.33. The largest absolute Gasteiger partial charge is 0.395 e. The summed E-state index contributed by atoms with van der Waals surface area (Å²) in [6.45, 7) is 3.96. The first-order chi connectivity index (χ1) is 8.26. The van der Waals surface area contributed by atoms with Gasteiger partial charge in [-0.25, -0.2) is 13.6 Å². The molecule has 8 nitrogen and oxygen atoms in total. The van der Waals surface area contributed by atoms with E-state index in [9.17, 15) is 13.2 Å². The molecule has 1 aromatic rings. The van der Waals surface area contributed by atoms with Crippen molar-refractivity contribution in [1.82, 2.24) is 15.1 Å². The van der Waals surface area contributed by atoms with Gasteiger partial charge < -0.3 is 11.1 Å². The van der Waals surface area contributed by atoms with Gasteiger partial charge in [-0.2, -0.15) is 5.10 Å². The summed E-state index contributed by atoms with van der Waals surface area (Å²) >= 11 is 0. The zero-order valence-electron chi connectivity index (χ0n) is 10.3. The quantitative estimate of drug-likeness (QED) is 0.621. The Morgan fingerprint density at radius 3 is 2.61 bits per heavy atom. The number of sulfonamides is 1. The highest BCUT2D eigenvalue weighted by molar-refractivity contribution is 7.89. The number of hydrogen-bond donors (Lipinski definition) is 3. The molecule has 0 aromatic carbocycles. The minimum Gasteiger partial charge on any atom is -0.395 e. The van der Waals surface area contributed by atoms with Crippen molar-refractivity contribution < 1.29 is 13.2 Å². The Hall–Kier alpha value is -1.61. The average molecular weight is 275 g/mol. The lowest BCUT2D eigenvalue weighted by Gasteiger charge is -2.06. The first-order valence-corrected chi connectivity index (χ1v) is 7.09. The van der Waals surface area contributed by atoms with Gasteiger partial charge in [0.25, 0.3) is 5.91 Å². The van der Waals surface area contributed by atoms with Gasteiger partial charge in [0.05, 0.1) is 17.1 Å². The fourth-order valence-electron chi connectivity index (χ4n) is 1.45. The van der Waals surface area contributed by atoms with Crippen molar-refractivity contribution in [3.05, 3.63) is 11.4 Å². The van der Waals surface area contributed by atoms with Crippen molar-refractivity contribution in [2.24, 2.45) is 5.14 Å². The van der Waals surface area contributed by atoms with Crippen LogP contribution in [0.2, 0.25) is 0 Å². The maximum absolute atomic E-state index is 11.9. The Balaban J connectivity index is 2.79. The third kappa shape index (κ3) is 3.44. The van der Waals surface area contributed by atoms with Gasteiger partial charge in [-0.3, -0.25) is 9.48 Å². The molecule has 18 heavy (non-hydrogen) atoms. The van der Waals surface area contributed by atoms with Crippen LogP contribution in [0.4, 0.5) is 5.69 Å². The summed E-state index contributed by atoms with van der Waals surface area (Å²) in [5.74, 6) is -0.781. The Morgan fingerprint density at radius 2 is 2.11 bits per heavy atom.